The van der Waals surface area contributed by atoms with Crippen LogP contribution in [0.1, 0.15) is 282 Å². The van der Waals surface area contributed by atoms with Gasteiger partial charge in [-0.05, 0) is 305 Å². The average molecular weight is 1680 g/mol. The fraction of sp³-hybridized carbons (Fsp3) is 1.00. The topological polar surface area (TPSA) is 46.2 Å². The van der Waals surface area contributed by atoms with Gasteiger partial charge in [-0.3, -0.25) is 0 Å². The molecule has 0 aliphatic carbocycles. The molecule has 13 fully saturated rings. The summed E-state index contributed by atoms with van der Waals surface area (Å²) in [7, 11) is 7.89. The van der Waals surface area contributed by atoms with Crippen molar-refractivity contribution >= 4 is 95.1 Å². The molecule has 13 heterocycles. The molecular formula is C87H186O5P12. The molecule has 0 aromatic rings. The second-order valence-corrected chi connectivity index (χ2v) is 73.4. The van der Waals surface area contributed by atoms with Crippen LogP contribution >= 0.6 is 95.1 Å². The zero-order valence-corrected chi connectivity index (χ0v) is 86.5. The zero-order valence-electron chi connectivity index (χ0n) is 75.8. The summed E-state index contributed by atoms with van der Waals surface area (Å²) in [5, 5.41) is 2.16. The summed E-state index contributed by atoms with van der Waals surface area (Å²) < 4.78 is 28.1. The van der Waals surface area contributed by atoms with Crippen molar-refractivity contribution in [2.24, 2.45) is 0 Å². The van der Waals surface area contributed by atoms with Crippen LogP contribution in [0.3, 0.4) is 0 Å². The summed E-state index contributed by atoms with van der Waals surface area (Å²) in [6, 6.07) is 0. The molecule has 624 valence electrons. The van der Waals surface area contributed by atoms with E-state index in [0.717, 1.165) is 85.8 Å². The summed E-state index contributed by atoms with van der Waals surface area (Å²) in [6.07, 6.45) is 37.3. The molecule has 0 aromatic heterocycles. The fourth-order valence-electron chi connectivity index (χ4n) is 15.9. The average Bonchev–Trinajstić information content (AvgIpc) is 1.61. The number of fused-ring (bicyclic) bond motifs is 1. The molecule has 13 aliphatic rings. The Morgan fingerprint density at radius 2 is 0.615 bits per heavy atom. The molecule has 0 spiro atoms. The van der Waals surface area contributed by atoms with Crippen LogP contribution in [-0.4, -0.2) is 275 Å². The first-order chi connectivity index (χ1) is 47.7. The highest BCUT2D eigenvalue weighted by molar-refractivity contribution is 7.62. The van der Waals surface area contributed by atoms with Crippen LogP contribution in [0.15, 0.2) is 0 Å². The third-order valence-electron chi connectivity index (χ3n) is 28.4. The maximum Gasteiger partial charge on any atom is 0.163 e. The first-order valence-electron chi connectivity index (χ1n) is 42.3. The highest BCUT2D eigenvalue weighted by Crippen LogP contribution is 2.61. The smallest absolute Gasteiger partial charge is 0.163 e. The lowest BCUT2D eigenvalue weighted by Gasteiger charge is -2.42. The molecular weight excluding hydrogens is 1500 g/mol. The van der Waals surface area contributed by atoms with E-state index in [2.05, 4.69) is 225 Å². The molecule has 13 rings (SSSR count). The van der Waals surface area contributed by atoms with Gasteiger partial charge in [0.2, 0.25) is 0 Å². The van der Waals surface area contributed by atoms with Crippen LogP contribution in [0.5, 0.6) is 0 Å². The van der Waals surface area contributed by atoms with E-state index in [1.54, 1.807) is 14.2 Å². The SMILES string of the molecule is C.CO[C@H]1[C@H](OC)[C@H](C)P(C)[C@H]1C.CP1CCC1(C)C.CP1CCCC1(C)C.CP1CCCCC1(C)C.C[C@H]1CCCCP1C.C[C@H]1CCCP1C.C[C@H]1CCC[C@H](C)P1C.C[C@H]1CCP1C.C[C@H]1CC[C@H](C)P1C.C[C@H]1COC[C@H](C)P1C.C[C@H]1C[C@H](C)P1C.C[C@H]1[C@H]2OC(C)(C)O[C@@H]2[C@H](C)P1C. The second kappa shape index (κ2) is 52.8. The molecule has 0 radical (unpaired) electrons. The van der Waals surface area contributed by atoms with E-state index in [9.17, 15) is 0 Å². The van der Waals surface area contributed by atoms with E-state index < -0.39 is 0 Å². The van der Waals surface area contributed by atoms with Crippen LogP contribution in [-0.2, 0) is 23.7 Å². The summed E-state index contributed by atoms with van der Waals surface area (Å²) in [4.78, 5) is 0. The van der Waals surface area contributed by atoms with Gasteiger partial charge in [0, 0.05) is 36.9 Å². The molecule has 0 bridgehead atoms. The zero-order chi connectivity index (χ0) is 78.8. The lowest BCUT2D eigenvalue weighted by molar-refractivity contribution is -0.147. The van der Waals surface area contributed by atoms with Crippen molar-refractivity contribution < 1.29 is 23.7 Å². The third-order valence-corrected chi connectivity index (χ3v) is 65.6. The van der Waals surface area contributed by atoms with E-state index in [4.69, 9.17) is 23.7 Å². The monoisotopic (exact) mass is 1680 g/mol. The maximum atomic E-state index is 5.92. The maximum absolute atomic E-state index is 5.92. The quantitative estimate of drug-likeness (QED) is 0.258. The van der Waals surface area contributed by atoms with Gasteiger partial charge < -0.3 is 23.7 Å². The highest BCUT2D eigenvalue weighted by atomic mass is 31.1. The van der Waals surface area contributed by atoms with E-state index in [1.165, 1.54) is 153 Å². The predicted octanol–water partition coefficient (Wildman–Crippen LogP) is 29.7. The van der Waals surface area contributed by atoms with Gasteiger partial charge in [0.05, 0.1) is 37.6 Å². The summed E-state index contributed by atoms with van der Waals surface area (Å²) in [5.41, 5.74) is 14.0. The number of methoxy groups -OCH3 is 2. The summed E-state index contributed by atoms with van der Waals surface area (Å²) in [6.45, 7) is 84.7. The van der Waals surface area contributed by atoms with Crippen LogP contribution in [0.2, 0.25) is 0 Å². The molecule has 0 aromatic carbocycles. The Bertz CT molecular complexity index is 2070. The standard InChI is InChI=1S/C10H19O2P.C9H19O2P.2C8H17P.C7H15OP.3C7H15P.3C6H13P.C5H11P.CH4/c1-6-8-9(7(2)13(6)5)12-10(3,4)11-8;1-6-8(10-3)9(11-4)7(2)12(6)5;1-8(2)6-4-5-7-9(8)3;1-7-5-4-6-8(2)9(7)3;1-6-4-8-5-7(2)9(6)3;1-7(2)5-4-6-8(7)3;1-6-4-5-7(2)8(6)3;1-7-5-3-4-6-8(7)2;1-6(2)4-5-7(6)3;1-5-4-6(2)7(5)3;1-6-4-3-5-7(6)2;1-5-3-4-6(5)2;/h6-9H,1-5H3;6-9H,1-5H3;4-7H2,1-3H3;7-8H,4-6H2,1-3H3;6-7H,4-5H2,1-3H3;4-6H2,1-3H3;6-7H,4-5H2,1-3H3;7H,3-6H2,1-2H3;4-5H2,1-3H3;5-6H,4H2,1-3H3;6H,3-5H2,1-2H3;5H,3-4H2,1-2H3;1H4/t2*6-,7-,8+,9+;;7-,8-;6-,7-;;6-,7-;7-,8?;;5-,6-;6-,7?;5-,6?;/m00.00.00.000./s1. The van der Waals surface area contributed by atoms with E-state index in [-0.39, 0.29) is 37.0 Å². The van der Waals surface area contributed by atoms with Gasteiger partial charge >= 0.3 is 0 Å². The summed E-state index contributed by atoms with van der Waals surface area (Å²) >= 11 is 0. The number of ether oxygens (including phenoxy) is 5. The summed E-state index contributed by atoms with van der Waals surface area (Å²) in [5.74, 6) is -0.353. The van der Waals surface area contributed by atoms with E-state index in [1.807, 2.05) is 13.8 Å². The van der Waals surface area contributed by atoms with Crippen molar-refractivity contribution in [2.75, 3.05) is 144 Å². The molecule has 17 heteroatoms. The molecule has 13 saturated heterocycles. The molecule has 5 nitrogen and oxygen atoms in total. The molecule has 6 unspecified atom stereocenters. The molecule has 104 heavy (non-hydrogen) atoms. The van der Waals surface area contributed by atoms with E-state index >= 15 is 0 Å². The molecule has 0 saturated carbocycles. The van der Waals surface area contributed by atoms with Crippen molar-refractivity contribution in [2.45, 2.75) is 413 Å². The van der Waals surface area contributed by atoms with Gasteiger partial charge in [-0.15, -0.1) is 71.3 Å². The van der Waals surface area contributed by atoms with Crippen LogP contribution < -0.4 is 0 Å². The van der Waals surface area contributed by atoms with Crippen LogP contribution in [0, 0.1) is 0 Å². The van der Waals surface area contributed by atoms with Gasteiger partial charge in [-0.25, -0.2) is 0 Å². The molecule has 25 atom stereocenters. The highest BCUT2D eigenvalue weighted by Gasteiger charge is 2.54. The van der Waals surface area contributed by atoms with E-state index in [0.29, 0.717) is 124 Å². The Kier molecular flexibility index (Phi) is 54.3. The third kappa shape index (κ3) is 36.7. The lowest BCUT2D eigenvalue weighted by Crippen LogP contribution is -2.34. The second-order valence-electron chi connectivity index (χ2n) is 37.4. The van der Waals surface area contributed by atoms with Crippen molar-refractivity contribution in [3.8, 4) is 0 Å². The van der Waals surface area contributed by atoms with Gasteiger partial charge in [0.15, 0.2) is 5.79 Å². The Hall–Kier alpha value is 4.96. The van der Waals surface area contributed by atoms with Crippen molar-refractivity contribution in [3.05, 3.63) is 0 Å². The Morgan fingerprint density at radius 3 is 0.837 bits per heavy atom. The number of hydrogen-bond acceptors (Lipinski definition) is 5. The van der Waals surface area contributed by atoms with Crippen LogP contribution in [0.4, 0.5) is 0 Å². The lowest BCUT2D eigenvalue weighted by atomic mass is 10.1. The van der Waals surface area contributed by atoms with Crippen molar-refractivity contribution in [3.63, 3.8) is 0 Å². The molecule has 0 N–H and O–H groups in total. The Labute approximate surface area is 671 Å². The first-order valence-corrected chi connectivity index (χ1v) is 65.9. The number of hydrogen-bond donors (Lipinski definition) is 0. The Morgan fingerprint density at radius 1 is 0.288 bits per heavy atom. The minimum atomic E-state index is -0.353. The predicted molar refractivity (Wildman–Crippen MR) is 514 cm³/mol. The fourth-order valence-corrected chi connectivity index (χ4v) is 37.7. The van der Waals surface area contributed by atoms with Crippen molar-refractivity contribution in [1.82, 2.24) is 0 Å². The first kappa shape index (κ1) is 107. The van der Waals surface area contributed by atoms with Crippen molar-refractivity contribution in [1.29, 1.82) is 0 Å². The molecule has 13 aliphatic heterocycles. The minimum absolute atomic E-state index is 0. The van der Waals surface area contributed by atoms with Crippen LogP contribution in [0.25, 0.3) is 0 Å². The molecule has 0 amide bonds. The Balaban J connectivity index is 0.000000570. The number of rotatable bonds is 2. The normalized spacial score (nSPS) is 41.8. The van der Waals surface area contributed by atoms with Gasteiger partial charge in [-0.2, -0.15) is 0 Å². The minimum Gasteiger partial charge on any atom is -0.380 e. The van der Waals surface area contributed by atoms with Gasteiger partial charge in [0.25, 0.3) is 0 Å². The van der Waals surface area contributed by atoms with Gasteiger partial charge in [0.1, 0.15) is 0 Å². The largest absolute Gasteiger partial charge is 0.380 e. The van der Waals surface area contributed by atoms with Gasteiger partial charge in [-0.1, -0.05) is 196 Å².